The number of carbonyl (C=O) groups excluding carboxylic acids is 1. The Morgan fingerprint density at radius 3 is 2.72 bits per heavy atom. The standard InChI is InChI=1S/C18H20ClN3OS2/c1-12-6-8-22(9-7-12)15-5-4-13(11-14(15)19)20-18(24)21-17(23)16-3-2-10-25-16/h2-5,10-12H,6-9H2,1H3,(H2,20,21,23,24). The van der Waals surface area contributed by atoms with E-state index >= 15 is 0 Å². The molecule has 0 unspecified atom stereocenters. The summed E-state index contributed by atoms with van der Waals surface area (Å²) < 4.78 is 0. The summed E-state index contributed by atoms with van der Waals surface area (Å²) in [5, 5.41) is 8.48. The predicted octanol–water partition coefficient (Wildman–Crippen LogP) is 4.76. The second-order valence-electron chi connectivity index (χ2n) is 6.22. The number of thiocarbonyl (C=S) groups is 1. The van der Waals surface area contributed by atoms with E-state index in [9.17, 15) is 4.79 Å². The number of hydrogen-bond donors (Lipinski definition) is 2. The molecule has 1 amide bonds. The summed E-state index contributed by atoms with van der Waals surface area (Å²) in [5.41, 5.74) is 1.81. The molecule has 1 saturated heterocycles. The summed E-state index contributed by atoms with van der Waals surface area (Å²) in [6.45, 7) is 4.35. The Hall–Kier alpha value is -1.63. The lowest BCUT2D eigenvalue weighted by atomic mass is 9.99. The molecule has 0 spiro atoms. The number of benzene rings is 1. The van der Waals surface area contributed by atoms with Gasteiger partial charge >= 0.3 is 0 Å². The number of amides is 1. The lowest BCUT2D eigenvalue weighted by Crippen LogP contribution is -2.34. The van der Waals surface area contributed by atoms with Crippen LogP contribution in [0.25, 0.3) is 0 Å². The van der Waals surface area contributed by atoms with Crippen LogP contribution < -0.4 is 15.5 Å². The van der Waals surface area contributed by atoms with Crippen molar-refractivity contribution in [2.45, 2.75) is 19.8 Å². The molecule has 25 heavy (non-hydrogen) atoms. The maximum Gasteiger partial charge on any atom is 0.267 e. The van der Waals surface area contributed by atoms with Gasteiger partial charge in [0.05, 0.1) is 15.6 Å². The van der Waals surface area contributed by atoms with Gasteiger partial charge in [0.2, 0.25) is 0 Å². The minimum absolute atomic E-state index is 0.211. The largest absolute Gasteiger partial charge is 0.370 e. The van der Waals surface area contributed by atoms with Crippen LogP contribution in [-0.2, 0) is 0 Å². The molecule has 1 aromatic heterocycles. The van der Waals surface area contributed by atoms with Gasteiger partial charge in [0.25, 0.3) is 5.91 Å². The van der Waals surface area contributed by atoms with Crippen LogP contribution in [0.5, 0.6) is 0 Å². The van der Waals surface area contributed by atoms with Crippen LogP contribution in [0.1, 0.15) is 29.4 Å². The highest BCUT2D eigenvalue weighted by molar-refractivity contribution is 7.80. The van der Waals surface area contributed by atoms with E-state index in [1.807, 2.05) is 29.6 Å². The van der Waals surface area contributed by atoms with Crippen LogP contribution in [0, 0.1) is 5.92 Å². The summed E-state index contributed by atoms with van der Waals surface area (Å²) in [7, 11) is 0. The predicted molar refractivity (Wildman–Crippen MR) is 110 cm³/mol. The summed E-state index contributed by atoms with van der Waals surface area (Å²) in [4.78, 5) is 14.9. The number of thiophene rings is 1. The highest BCUT2D eigenvalue weighted by Gasteiger charge is 2.18. The van der Waals surface area contributed by atoms with Crippen molar-refractivity contribution >= 4 is 57.5 Å². The third-order valence-corrected chi connectivity index (χ3v) is 5.68. The Labute approximate surface area is 162 Å². The molecule has 2 N–H and O–H groups in total. The van der Waals surface area contributed by atoms with E-state index in [1.165, 1.54) is 24.2 Å². The molecule has 2 aromatic rings. The van der Waals surface area contributed by atoms with Gasteiger partial charge in [-0.3, -0.25) is 10.1 Å². The molecule has 4 nitrogen and oxygen atoms in total. The average Bonchev–Trinajstić information content (AvgIpc) is 3.10. The highest BCUT2D eigenvalue weighted by Crippen LogP contribution is 2.31. The molecular weight excluding hydrogens is 374 g/mol. The average molecular weight is 394 g/mol. The molecule has 2 heterocycles. The zero-order chi connectivity index (χ0) is 17.8. The molecule has 0 radical (unpaired) electrons. The fraction of sp³-hybridized carbons (Fsp3) is 0.333. The quantitative estimate of drug-likeness (QED) is 0.737. The maximum absolute atomic E-state index is 12.0. The smallest absolute Gasteiger partial charge is 0.267 e. The van der Waals surface area contributed by atoms with Gasteiger partial charge in [-0.2, -0.15) is 0 Å². The van der Waals surface area contributed by atoms with Crippen molar-refractivity contribution in [2.75, 3.05) is 23.3 Å². The third-order valence-electron chi connectivity index (χ3n) is 4.30. The Bertz CT molecular complexity index is 756. The lowest BCUT2D eigenvalue weighted by molar-refractivity contribution is 0.0981. The van der Waals surface area contributed by atoms with Gasteiger partial charge in [-0.05, 0) is 60.6 Å². The molecule has 0 saturated carbocycles. The van der Waals surface area contributed by atoms with Crippen molar-refractivity contribution in [3.8, 4) is 0 Å². The van der Waals surface area contributed by atoms with E-state index < -0.39 is 0 Å². The first-order valence-electron chi connectivity index (χ1n) is 8.23. The molecule has 1 aliphatic rings. The summed E-state index contributed by atoms with van der Waals surface area (Å²) in [5.74, 6) is 0.568. The number of hydrogen-bond acceptors (Lipinski definition) is 4. The maximum atomic E-state index is 12.0. The Balaban J connectivity index is 1.60. The van der Waals surface area contributed by atoms with Gasteiger partial charge in [0.1, 0.15) is 0 Å². The van der Waals surface area contributed by atoms with E-state index in [1.54, 1.807) is 6.07 Å². The molecule has 1 aromatic carbocycles. The Morgan fingerprint density at radius 1 is 1.32 bits per heavy atom. The topological polar surface area (TPSA) is 44.4 Å². The van der Waals surface area contributed by atoms with Gasteiger partial charge in [-0.25, -0.2) is 0 Å². The van der Waals surface area contributed by atoms with Crippen LogP contribution in [0.15, 0.2) is 35.7 Å². The minimum Gasteiger partial charge on any atom is -0.370 e. The molecule has 1 fully saturated rings. The number of piperidine rings is 1. The summed E-state index contributed by atoms with van der Waals surface area (Å²) >= 11 is 13.0. The minimum atomic E-state index is -0.211. The van der Waals surface area contributed by atoms with Crippen molar-refractivity contribution in [1.82, 2.24) is 5.32 Å². The van der Waals surface area contributed by atoms with Crippen molar-refractivity contribution in [1.29, 1.82) is 0 Å². The SMILES string of the molecule is CC1CCN(c2ccc(NC(=S)NC(=O)c3cccs3)cc2Cl)CC1. The van der Waals surface area contributed by atoms with Gasteiger partial charge in [-0.15, -0.1) is 11.3 Å². The van der Waals surface area contributed by atoms with Crippen molar-refractivity contribution in [3.05, 3.63) is 45.6 Å². The van der Waals surface area contributed by atoms with Gasteiger partial charge in [-0.1, -0.05) is 24.6 Å². The van der Waals surface area contributed by atoms with Crippen LogP contribution >= 0.6 is 35.2 Å². The van der Waals surface area contributed by atoms with E-state index in [0.29, 0.717) is 9.90 Å². The van der Waals surface area contributed by atoms with E-state index in [0.717, 1.165) is 30.4 Å². The number of carbonyl (C=O) groups is 1. The van der Waals surface area contributed by atoms with Gasteiger partial charge in [0.15, 0.2) is 5.11 Å². The van der Waals surface area contributed by atoms with Crippen LogP contribution in [0.2, 0.25) is 5.02 Å². The second-order valence-corrected chi connectivity index (χ2v) is 7.98. The van der Waals surface area contributed by atoms with E-state index in [4.69, 9.17) is 23.8 Å². The number of rotatable bonds is 3. The lowest BCUT2D eigenvalue weighted by Gasteiger charge is -2.32. The first-order chi connectivity index (χ1) is 12.0. The van der Waals surface area contributed by atoms with Gasteiger partial charge < -0.3 is 10.2 Å². The fourth-order valence-corrected chi connectivity index (χ4v) is 3.95. The number of nitrogens with one attached hydrogen (secondary N) is 2. The summed E-state index contributed by atoms with van der Waals surface area (Å²) in [6, 6.07) is 9.37. The van der Waals surface area contributed by atoms with Crippen molar-refractivity contribution in [2.24, 2.45) is 5.92 Å². The molecule has 3 rings (SSSR count). The number of nitrogens with zero attached hydrogens (tertiary/aromatic N) is 1. The fourth-order valence-electron chi connectivity index (χ4n) is 2.83. The third kappa shape index (κ3) is 4.71. The van der Waals surface area contributed by atoms with E-state index in [-0.39, 0.29) is 11.0 Å². The zero-order valence-electron chi connectivity index (χ0n) is 13.9. The molecule has 7 heteroatoms. The monoisotopic (exact) mass is 393 g/mol. The van der Waals surface area contributed by atoms with Crippen LogP contribution in [-0.4, -0.2) is 24.1 Å². The first kappa shape index (κ1) is 18.2. The molecule has 0 bridgehead atoms. The molecular formula is C18H20ClN3OS2. The normalized spacial score (nSPS) is 15.0. The molecule has 0 atom stereocenters. The molecule has 132 valence electrons. The molecule has 0 aliphatic carbocycles. The molecule has 1 aliphatic heterocycles. The highest BCUT2D eigenvalue weighted by atomic mass is 35.5. The van der Waals surface area contributed by atoms with Crippen LogP contribution in [0.3, 0.4) is 0 Å². The number of anilines is 2. The Morgan fingerprint density at radius 2 is 2.08 bits per heavy atom. The Kier molecular flexibility index (Phi) is 5.93. The summed E-state index contributed by atoms with van der Waals surface area (Å²) in [6.07, 6.45) is 2.38. The first-order valence-corrected chi connectivity index (χ1v) is 9.90. The van der Waals surface area contributed by atoms with Crippen molar-refractivity contribution in [3.63, 3.8) is 0 Å². The van der Waals surface area contributed by atoms with Crippen molar-refractivity contribution < 1.29 is 4.79 Å². The van der Waals surface area contributed by atoms with Gasteiger partial charge in [0, 0.05) is 18.8 Å². The zero-order valence-corrected chi connectivity index (χ0v) is 16.3. The van der Waals surface area contributed by atoms with E-state index in [2.05, 4.69) is 22.5 Å². The second kappa shape index (κ2) is 8.17. The number of halogens is 1. The van der Waals surface area contributed by atoms with Crippen LogP contribution in [0.4, 0.5) is 11.4 Å².